The van der Waals surface area contributed by atoms with Crippen LogP contribution >= 0.6 is 0 Å². The standard InChI is InChI=1S/C21H27FN2O3S.C17H27NO3S.C16H27N3O2S/c1-14(15-7-9-18(22)10-8-15)23-20(25)16-11-17(21(2,3)4)13-19(12-16)24(5)28(6,26)27;1-12-7-13(12)11-21-16-9-14(17(2,3)4)8-15(10-16)18(5)22(6,19)20;1-11-7-12(11)10-17-14-8-13(16(2,3)4)9-15(18-14)19(5)22(6,20)21/h7-14H,1-6H3,(H,23,25);8-10,12-13H,7,11H2,1-6H3;8-9,11-12H,7,10H2,1-6H3,(H,17,18)/t14-;;/m1../s1. The van der Waals surface area contributed by atoms with E-state index in [1.165, 1.54) is 60.2 Å². The lowest BCUT2D eigenvalue weighted by atomic mass is 9.85. The molecule has 14 nitrogen and oxygen atoms in total. The summed E-state index contributed by atoms with van der Waals surface area (Å²) >= 11 is 0. The molecule has 0 saturated heterocycles. The van der Waals surface area contributed by atoms with Gasteiger partial charge in [0.05, 0.1) is 42.8 Å². The van der Waals surface area contributed by atoms with Crippen molar-refractivity contribution < 1.29 is 39.2 Å². The maximum Gasteiger partial charge on any atom is 0.251 e. The van der Waals surface area contributed by atoms with E-state index in [0.717, 1.165) is 62.8 Å². The Morgan fingerprint density at radius 1 is 0.667 bits per heavy atom. The average Bonchev–Trinajstić information content (AvgIpc) is 4.18. The van der Waals surface area contributed by atoms with E-state index in [4.69, 9.17) is 4.74 Å². The molecule has 2 saturated carbocycles. The van der Waals surface area contributed by atoms with E-state index in [9.17, 15) is 34.4 Å². The number of benzene rings is 3. The highest BCUT2D eigenvalue weighted by Gasteiger charge is 2.34. The first-order valence-electron chi connectivity index (χ1n) is 24.3. The zero-order valence-corrected chi connectivity index (χ0v) is 48.3. The Labute approximate surface area is 431 Å². The third-order valence-electron chi connectivity index (χ3n) is 13.3. The maximum atomic E-state index is 13.1. The van der Waals surface area contributed by atoms with Gasteiger partial charge in [0.15, 0.2) is 0 Å². The molecule has 72 heavy (non-hydrogen) atoms. The Balaban J connectivity index is 0.000000237. The van der Waals surface area contributed by atoms with Gasteiger partial charge in [-0.3, -0.25) is 17.7 Å². The van der Waals surface area contributed by atoms with Crippen LogP contribution in [0.5, 0.6) is 5.75 Å². The summed E-state index contributed by atoms with van der Waals surface area (Å²) in [7, 11) is -5.50. The predicted molar refractivity (Wildman–Crippen MR) is 294 cm³/mol. The van der Waals surface area contributed by atoms with Crippen molar-refractivity contribution in [2.75, 3.05) is 71.3 Å². The number of aromatic nitrogens is 1. The molecule has 1 amide bonds. The van der Waals surface area contributed by atoms with Gasteiger partial charge < -0.3 is 15.4 Å². The van der Waals surface area contributed by atoms with Gasteiger partial charge in [-0.05, 0) is 137 Å². The summed E-state index contributed by atoms with van der Waals surface area (Å²) in [6, 6.07) is 20.3. The van der Waals surface area contributed by atoms with Gasteiger partial charge in [-0.15, -0.1) is 0 Å². The zero-order chi connectivity index (χ0) is 54.7. The molecule has 2 fully saturated rings. The SMILES string of the molecule is CC1CC1CNc1cc(C(C)(C)C)cc(N(C)S(C)(=O)=O)n1.CC1CC1COc1cc(N(C)S(C)(=O)=O)cc(C(C)(C)C)c1.C[C@@H](NC(=O)c1cc(N(C)S(C)(=O)=O)cc(C(C)(C)C)c1)c1ccc(F)cc1. The number of nitrogens with one attached hydrogen (secondary N) is 2. The highest BCUT2D eigenvalue weighted by molar-refractivity contribution is 7.92. The second-order valence-corrected chi connectivity index (χ2v) is 29.0. The summed E-state index contributed by atoms with van der Waals surface area (Å²) in [6.07, 6.45) is 5.99. The van der Waals surface area contributed by atoms with Gasteiger partial charge in [0.2, 0.25) is 30.1 Å². The Morgan fingerprint density at radius 2 is 1.11 bits per heavy atom. The zero-order valence-electron chi connectivity index (χ0n) is 45.8. The lowest BCUT2D eigenvalue weighted by Gasteiger charge is -2.24. The minimum atomic E-state index is -3.46. The molecule has 4 aromatic rings. The van der Waals surface area contributed by atoms with Crippen LogP contribution in [0, 0.1) is 29.5 Å². The first-order valence-corrected chi connectivity index (χ1v) is 29.9. The number of pyridine rings is 1. The van der Waals surface area contributed by atoms with Gasteiger partial charge >= 0.3 is 0 Å². The predicted octanol–water partition coefficient (Wildman–Crippen LogP) is 10.3. The quantitative estimate of drug-likeness (QED) is 0.117. The summed E-state index contributed by atoms with van der Waals surface area (Å²) in [6.45, 7) is 26.5. The van der Waals surface area contributed by atoms with Crippen LogP contribution in [0.4, 0.5) is 27.4 Å². The molecule has 2 aliphatic carbocycles. The first-order chi connectivity index (χ1) is 32.7. The van der Waals surface area contributed by atoms with Crippen LogP contribution in [0.15, 0.2) is 72.8 Å². The topological polar surface area (TPSA) is 175 Å². The number of carbonyl (C=O) groups excluding carboxylic acids is 1. The largest absolute Gasteiger partial charge is 0.493 e. The molecule has 1 aromatic heterocycles. The van der Waals surface area contributed by atoms with Crippen molar-refractivity contribution in [1.29, 1.82) is 0 Å². The third-order valence-corrected chi connectivity index (χ3v) is 16.9. The first kappa shape index (κ1) is 59.6. The molecule has 0 bridgehead atoms. The normalized spacial score (nSPS) is 18.3. The number of carbonyl (C=O) groups is 1. The molecule has 2 aliphatic rings. The molecule has 6 rings (SSSR count). The molecular weight excluding hydrogens is 976 g/mol. The van der Waals surface area contributed by atoms with Crippen molar-refractivity contribution in [3.8, 4) is 5.75 Å². The Morgan fingerprint density at radius 3 is 1.56 bits per heavy atom. The van der Waals surface area contributed by atoms with E-state index in [1.54, 1.807) is 37.4 Å². The van der Waals surface area contributed by atoms with Crippen molar-refractivity contribution in [3.05, 3.63) is 106 Å². The monoisotopic (exact) mass is 1060 g/mol. The summed E-state index contributed by atoms with van der Waals surface area (Å²) in [5.41, 5.74) is 4.79. The van der Waals surface area contributed by atoms with E-state index >= 15 is 0 Å². The van der Waals surface area contributed by atoms with Gasteiger partial charge in [0.1, 0.15) is 23.2 Å². The fraction of sp³-hybridized carbons (Fsp3) is 0.556. The van der Waals surface area contributed by atoms with Gasteiger partial charge in [-0.25, -0.2) is 34.6 Å². The Bertz CT molecular complexity index is 2760. The van der Waals surface area contributed by atoms with Gasteiger partial charge in [-0.1, -0.05) is 88.3 Å². The number of amides is 1. The molecule has 2 N–H and O–H groups in total. The van der Waals surface area contributed by atoms with E-state index in [-0.39, 0.29) is 34.0 Å². The number of sulfonamides is 3. The third kappa shape index (κ3) is 17.6. The molecular formula is C54H81FN6O8S3. The highest BCUT2D eigenvalue weighted by atomic mass is 32.2. The minimum absolute atomic E-state index is 0.0701. The van der Waals surface area contributed by atoms with E-state index < -0.39 is 30.1 Å². The van der Waals surface area contributed by atoms with Crippen molar-refractivity contribution in [3.63, 3.8) is 0 Å². The molecule has 1 heterocycles. The molecule has 0 spiro atoms. The van der Waals surface area contributed by atoms with Gasteiger partial charge in [0, 0.05) is 39.3 Å². The molecule has 5 atom stereocenters. The molecule has 3 aromatic carbocycles. The van der Waals surface area contributed by atoms with Crippen LogP contribution in [0.25, 0.3) is 0 Å². The summed E-state index contributed by atoms with van der Waals surface area (Å²) in [5.74, 6) is 4.14. The number of rotatable bonds is 15. The smallest absolute Gasteiger partial charge is 0.251 e. The van der Waals surface area contributed by atoms with E-state index in [1.807, 2.05) is 58.0 Å². The maximum absolute atomic E-state index is 13.1. The number of nitrogens with zero attached hydrogens (tertiary/aromatic N) is 4. The fourth-order valence-electron chi connectivity index (χ4n) is 7.26. The van der Waals surface area contributed by atoms with E-state index in [2.05, 4.69) is 71.0 Å². The lowest BCUT2D eigenvalue weighted by molar-refractivity contribution is 0.0939. The summed E-state index contributed by atoms with van der Waals surface area (Å²) in [4.78, 5) is 17.3. The van der Waals surface area contributed by atoms with Crippen LogP contribution < -0.4 is 28.3 Å². The number of anilines is 4. The van der Waals surface area contributed by atoms with Crippen molar-refractivity contribution in [1.82, 2.24) is 10.3 Å². The number of halogens is 1. The van der Waals surface area contributed by atoms with Gasteiger partial charge in [-0.2, -0.15) is 0 Å². The molecule has 0 aliphatic heterocycles. The summed E-state index contributed by atoms with van der Waals surface area (Å²) in [5, 5.41) is 6.25. The number of ether oxygens (including phenoxy) is 1. The lowest BCUT2D eigenvalue weighted by Crippen LogP contribution is -2.29. The second kappa shape index (κ2) is 22.7. The highest BCUT2D eigenvalue weighted by Crippen LogP contribution is 2.40. The van der Waals surface area contributed by atoms with Crippen molar-refractivity contribution >= 4 is 59.0 Å². The molecule has 18 heteroatoms. The summed E-state index contributed by atoms with van der Waals surface area (Å²) < 4.78 is 93.8. The van der Waals surface area contributed by atoms with Crippen LogP contribution in [0.2, 0.25) is 0 Å². The Hall–Kier alpha value is -4.94. The Kier molecular flexibility index (Phi) is 18.8. The molecule has 0 radical (unpaired) electrons. The van der Waals surface area contributed by atoms with Crippen molar-refractivity contribution in [2.24, 2.45) is 23.7 Å². The van der Waals surface area contributed by atoms with E-state index in [0.29, 0.717) is 41.2 Å². The molecule has 400 valence electrons. The fourth-order valence-corrected chi connectivity index (χ4v) is 8.67. The average molecular weight is 1060 g/mol. The van der Waals surface area contributed by atoms with Crippen LogP contribution in [-0.4, -0.2) is 89.2 Å². The molecule has 4 unspecified atom stereocenters. The van der Waals surface area contributed by atoms with Gasteiger partial charge in [0.25, 0.3) is 5.91 Å². The number of hydrogen-bond donors (Lipinski definition) is 2. The van der Waals surface area contributed by atoms with Crippen molar-refractivity contribution in [2.45, 2.75) is 118 Å². The minimum Gasteiger partial charge on any atom is -0.493 e. The van der Waals surface area contributed by atoms with Crippen LogP contribution in [-0.2, 0) is 46.3 Å². The second-order valence-electron chi connectivity index (χ2n) is 22.9. The van der Waals surface area contributed by atoms with Crippen LogP contribution in [0.1, 0.15) is 135 Å². The van der Waals surface area contributed by atoms with Crippen LogP contribution in [0.3, 0.4) is 0 Å². The number of hydrogen-bond acceptors (Lipinski definition) is 10.